The average Bonchev–Trinajstić information content (AvgIpc) is 3.23. The van der Waals surface area contributed by atoms with Gasteiger partial charge in [0.1, 0.15) is 13.2 Å². The van der Waals surface area contributed by atoms with E-state index in [1.165, 1.54) is 0 Å². The number of carbonyl (C=O) groups excluding carboxylic acids is 2. The molecule has 2 aliphatic rings. The van der Waals surface area contributed by atoms with Crippen LogP contribution in [0.4, 0.5) is 9.59 Å². The van der Waals surface area contributed by atoms with Crippen molar-refractivity contribution in [3.05, 3.63) is 48.6 Å². The standard InChI is InChI=1S/C16H20N2O4S2/c19-15(17-13-5-1-2-6-13)21-9-11-23-24-12-10-22-16(20)18-14-7-3-4-8-14/h1-8,13-14H,9-12H2,(H,17,19)(H,18,20). The lowest BCUT2D eigenvalue weighted by Gasteiger charge is -2.10. The van der Waals surface area contributed by atoms with Gasteiger partial charge in [-0.3, -0.25) is 0 Å². The predicted octanol–water partition coefficient (Wildman–Crippen LogP) is 2.81. The van der Waals surface area contributed by atoms with E-state index in [2.05, 4.69) is 10.6 Å². The molecule has 0 aromatic carbocycles. The molecule has 0 aromatic rings. The van der Waals surface area contributed by atoms with Crippen molar-refractivity contribution in [1.82, 2.24) is 10.6 Å². The minimum Gasteiger partial charge on any atom is -0.449 e. The molecule has 24 heavy (non-hydrogen) atoms. The zero-order chi connectivity index (χ0) is 17.0. The van der Waals surface area contributed by atoms with Crippen molar-refractivity contribution in [2.45, 2.75) is 12.1 Å². The van der Waals surface area contributed by atoms with Crippen molar-refractivity contribution < 1.29 is 19.1 Å². The number of nitrogens with one attached hydrogen (secondary N) is 2. The van der Waals surface area contributed by atoms with Crippen molar-refractivity contribution in [3.8, 4) is 0 Å². The Labute approximate surface area is 149 Å². The molecule has 0 aromatic heterocycles. The highest BCUT2D eigenvalue weighted by atomic mass is 33.1. The van der Waals surface area contributed by atoms with Crippen LogP contribution in [0.15, 0.2) is 48.6 Å². The lowest BCUT2D eigenvalue weighted by Crippen LogP contribution is -2.32. The molecule has 0 heterocycles. The molecule has 0 saturated carbocycles. The number of rotatable bonds is 9. The number of allylic oxidation sites excluding steroid dienone is 4. The molecule has 6 nitrogen and oxygen atoms in total. The Morgan fingerprint density at radius 2 is 1.12 bits per heavy atom. The smallest absolute Gasteiger partial charge is 0.407 e. The van der Waals surface area contributed by atoms with Crippen molar-refractivity contribution in [2.75, 3.05) is 24.7 Å². The Hall–Kier alpha value is -1.80. The van der Waals surface area contributed by atoms with Crippen LogP contribution < -0.4 is 10.6 Å². The van der Waals surface area contributed by atoms with E-state index in [0.717, 1.165) is 0 Å². The number of carbonyl (C=O) groups is 2. The lowest BCUT2D eigenvalue weighted by molar-refractivity contribution is 0.151. The highest BCUT2D eigenvalue weighted by Crippen LogP contribution is 2.20. The number of hydrogen-bond donors (Lipinski definition) is 2. The third kappa shape index (κ3) is 7.65. The van der Waals surface area contributed by atoms with Gasteiger partial charge in [-0.1, -0.05) is 70.2 Å². The highest BCUT2D eigenvalue weighted by Gasteiger charge is 2.10. The van der Waals surface area contributed by atoms with E-state index in [4.69, 9.17) is 9.47 Å². The summed E-state index contributed by atoms with van der Waals surface area (Å²) in [5, 5.41) is 5.41. The summed E-state index contributed by atoms with van der Waals surface area (Å²) in [6.45, 7) is 0.677. The molecular weight excluding hydrogens is 348 g/mol. The quantitative estimate of drug-likeness (QED) is 0.481. The van der Waals surface area contributed by atoms with Crippen LogP contribution in [-0.4, -0.2) is 49.0 Å². The number of ether oxygens (including phenoxy) is 2. The molecule has 130 valence electrons. The summed E-state index contributed by atoms with van der Waals surface area (Å²) in [7, 11) is 3.14. The van der Waals surface area contributed by atoms with Gasteiger partial charge in [-0.2, -0.15) is 0 Å². The molecule has 8 heteroatoms. The highest BCUT2D eigenvalue weighted by molar-refractivity contribution is 8.76. The van der Waals surface area contributed by atoms with Crippen LogP contribution >= 0.6 is 21.6 Å². The first-order chi connectivity index (χ1) is 11.7. The van der Waals surface area contributed by atoms with Gasteiger partial charge in [0.25, 0.3) is 0 Å². The number of alkyl carbamates (subject to hydrolysis) is 2. The topological polar surface area (TPSA) is 76.7 Å². The van der Waals surface area contributed by atoms with Gasteiger partial charge in [0.2, 0.25) is 0 Å². The molecule has 0 spiro atoms. The summed E-state index contributed by atoms with van der Waals surface area (Å²) >= 11 is 0. The van der Waals surface area contributed by atoms with Crippen molar-refractivity contribution in [2.24, 2.45) is 0 Å². The summed E-state index contributed by atoms with van der Waals surface area (Å²) in [5.41, 5.74) is 0. The van der Waals surface area contributed by atoms with E-state index in [0.29, 0.717) is 24.7 Å². The Balaban J connectivity index is 1.37. The summed E-state index contributed by atoms with van der Waals surface area (Å²) < 4.78 is 10.1. The number of hydrogen-bond acceptors (Lipinski definition) is 6. The van der Waals surface area contributed by atoms with Gasteiger partial charge in [0.15, 0.2) is 0 Å². The summed E-state index contributed by atoms with van der Waals surface area (Å²) in [4.78, 5) is 22.9. The molecule has 0 aliphatic heterocycles. The maximum absolute atomic E-state index is 11.5. The second kappa shape index (κ2) is 10.9. The van der Waals surface area contributed by atoms with Gasteiger partial charge in [0.05, 0.1) is 12.1 Å². The zero-order valence-electron chi connectivity index (χ0n) is 13.1. The third-order valence-corrected chi connectivity index (χ3v) is 5.28. The molecular formula is C16H20N2O4S2. The lowest BCUT2D eigenvalue weighted by atomic mass is 10.3. The zero-order valence-corrected chi connectivity index (χ0v) is 14.7. The van der Waals surface area contributed by atoms with Gasteiger partial charge >= 0.3 is 12.2 Å². The van der Waals surface area contributed by atoms with Crippen LogP contribution in [0.1, 0.15) is 0 Å². The van der Waals surface area contributed by atoms with E-state index in [1.54, 1.807) is 21.6 Å². The maximum Gasteiger partial charge on any atom is 0.407 e. The fraction of sp³-hybridized carbons (Fsp3) is 0.375. The molecule has 0 saturated heterocycles. The molecule has 2 N–H and O–H groups in total. The van der Waals surface area contributed by atoms with Gasteiger partial charge < -0.3 is 20.1 Å². The van der Waals surface area contributed by atoms with Crippen molar-refractivity contribution in [3.63, 3.8) is 0 Å². The van der Waals surface area contributed by atoms with Crippen molar-refractivity contribution in [1.29, 1.82) is 0 Å². The minimum absolute atomic E-state index is 0.0713. The fourth-order valence-electron chi connectivity index (χ4n) is 1.87. The summed E-state index contributed by atoms with van der Waals surface area (Å²) in [6.07, 6.45) is 14.2. The first-order valence-electron chi connectivity index (χ1n) is 7.55. The fourth-order valence-corrected chi connectivity index (χ4v) is 3.52. The van der Waals surface area contributed by atoms with E-state index < -0.39 is 12.2 Å². The first-order valence-corrected chi connectivity index (χ1v) is 10.0. The van der Waals surface area contributed by atoms with E-state index in [-0.39, 0.29) is 12.1 Å². The molecule has 2 amide bonds. The van der Waals surface area contributed by atoms with Gasteiger partial charge in [-0.05, 0) is 0 Å². The molecule has 0 bridgehead atoms. The molecule has 0 unspecified atom stereocenters. The molecule has 2 rings (SSSR count). The van der Waals surface area contributed by atoms with Crippen LogP contribution in [0, 0.1) is 0 Å². The Morgan fingerprint density at radius 3 is 1.50 bits per heavy atom. The minimum atomic E-state index is -0.420. The maximum atomic E-state index is 11.5. The van der Waals surface area contributed by atoms with Gasteiger partial charge in [-0.25, -0.2) is 9.59 Å². The van der Waals surface area contributed by atoms with Crippen LogP contribution in [0.25, 0.3) is 0 Å². The summed E-state index contributed by atoms with van der Waals surface area (Å²) in [6, 6.07) is -0.143. The largest absolute Gasteiger partial charge is 0.449 e. The van der Waals surface area contributed by atoms with Crippen LogP contribution in [-0.2, 0) is 9.47 Å². The molecule has 0 atom stereocenters. The van der Waals surface area contributed by atoms with E-state index >= 15 is 0 Å². The second-order valence-corrected chi connectivity index (χ2v) is 7.50. The molecule has 0 fully saturated rings. The summed E-state index contributed by atoms with van der Waals surface area (Å²) in [5.74, 6) is 1.36. The molecule has 0 radical (unpaired) electrons. The second-order valence-electron chi connectivity index (χ2n) is 4.80. The van der Waals surface area contributed by atoms with Crippen LogP contribution in [0.3, 0.4) is 0 Å². The predicted molar refractivity (Wildman–Crippen MR) is 98.0 cm³/mol. The monoisotopic (exact) mass is 368 g/mol. The molecule has 2 aliphatic carbocycles. The SMILES string of the molecule is O=C(NC1C=CC=C1)OCCSSCCOC(=O)NC1C=CC=C1. The Morgan fingerprint density at radius 1 is 0.750 bits per heavy atom. The Bertz CT molecular complexity index is 474. The van der Waals surface area contributed by atoms with Crippen molar-refractivity contribution >= 4 is 33.8 Å². The number of amides is 2. The normalized spacial score (nSPS) is 15.8. The Kier molecular flexibility index (Phi) is 8.40. The van der Waals surface area contributed by atoms with Crippen LogP contribution in [0.2, 0.25) is 0 Å². The third-order valence-electron chi connectivity index (χ3n) is 2.95. The average molecular weight is 368 g/mol. The van der Waals surface area contributed by atoms with E-state index in [1.807, 2.05) is 48.6 Å². The van der Waals surface area contributed by atoms with E-state index in [9.17, 15) is 9.59 Å². The van der Waals surface area contributed by atoms with Crippen LogP contribution in [0.5, 0.6) is 0 Å². The van der Waals surface area contributed by atoms with Gasteiger partial charge in [-0.15, -0.1) is 0 Å². The van der Waals surface area contributed by atoms with Gasteiger partial charge in [0, 0.05) is 11.5 Å². The first kappa shape index (κ1) is 18.5.